The largest absolute Gasteiger partial charge is 0.279 e. The van der Waals surface area contributed by atoms with Crippen LogP contribution in [-0.2, 0) is 10.2 Å². The van der Waals surface area contributed by atoms with E-state index in [0.29, 0.717) is 30.4 Å². The average molecular weight is 335 g/mol. The number of piperidine rings is 1. The summed E-state index contributed by atoms with van der Waals surface area (Å²) in [5, 5.41) is 0.708. The molecule has 1 N–H and O–H groups in total. The second kappa shape index (κ2) is 7.66. The summed E-state index contributed by atoms with van der Waals surface area (Å²) < 4.78 is 28.3. The molecule has 1 aliphatic rings. The normalized spacial score (nSPS) is 17.2. The second-order valence-electron chi connectivity index (χ2n) is 4.66. The number of hydrogen-bond acceptors (Lipinski definition) is 3. The fourth-order valence-electron chi connectivity index (χ4n) is 2.07. The molecule has 0 aliphatic carbocycles. The lowest BCUT2D eigenvalue weighted by molar-refractivity contribution is 0.342. The van der Waals surface area contributed by atoms with Gasteiger partial charge >= 0.3 is 0 Å². The fraction of sp³-hybridized carbons (Fsp3) is 0.538. The van der Waals surface area contributed by atoms with Gasteiger partial charge in [0.05, 0.1) is 0 Å². The lowest BCUT2D eigenvalue weighted by atomic mass is 10.2. The molecular formula is C13H19ClN2O2S2. The van der Waals surface area contributed by atoms with Crippen molar-refractivity contribution in [1.82, 2.24) is 9.03 Å². The van der Waals surface area contributed by atoms with Crippen LogP contribution < -0.4 is 4.72 Å². The lowest BCUT2D eigenvalue weighted by Gasteiger charge is -2.25. The van der Waals surface area contributed by atoms with Gasteiger partial charge in [0.15, 0.2) is 0 Å². The van der Waals surface area contributed by atoms with Crippen LogP contribution in [0.5, 0.6) is 0 Å². The van der Waals surface area contributed by atoms with E-state index in [-0.39, 0.29) is 0 Å². The molecule has 1 saturated heterocycles. The molecule has 7 heteroatoms. The number of halogens is 1. The van der Waals surface area contributed by atoms with Crippen LogP contribution in [0.25, 0.3) is 0 Å². The third kappa shape index (κ3) is 4.93. The molecule has 0 bridgehead atoms. The predicted molar refractivity (Wildman–Crippen MR) is 84.5 cm³/mol. The summed E-state index contributed by atoms with van der Waals surface area (Å²) in [5.41, 5.74) is 0. The number of benzene rings is 1. The summed E-state index contributed by atoms with van der Waals surface area (Å²) in [6.07, 6.45) is 3.04. The third-order valence-electron chi connectivity index (χ3n) is 3.12. The molecular weight excluding hydrogens is 316 g/mol. The van der Waals surface area contributed by atoms with Gasteiger partial charge in [0.1, 0.15) is 0 Å². The van der Waals surface area contributed by atoms with E-state index in [1.165, 1.54) is 0 Å². The molecule has 112 valence electrons. The van der Waals surface area contributed by atoms with E-state index in [4.69, 9.17) is 11.6 Å². The van der Waals surface area contributed by atoms with Gasteiger partial charge in [-0.3, -0.25) is 0 Å². The molecule has 1 aromatic carbocycles. The number of rotatable bonds is 6. The monoisotopic (exact) mass is 334 g/mol. The predicted octanol–water partition coefficient (Wildman–Crippen LogP) is 2.75. The minimum absolute atomic E-state index is 0.437. The van der Waals surface area contributed by atoms with Crippen LogP contribution in [0, 0.1) is 0 Å². The molecule has 0 atom stereocenters. The van der Waals surface area contributed by atoms with Crippen molar-refractivity contribution in [2.75, 3.05) is 25.4 Å². The lowest BCUT2D eigenvalue weighted by Crippen LogP contribution is -2.44. The number of thioether (sulfide) groups is 1. The molecule has 0 spiro atoms. The first-order chi connectivity index (χ1) is 9.58. The van der Waals surface area contributed by atoms with Gasteiger partial charge in [0, 0.05) is 35.3 Å². The minimum atomic E-state index is -3.30. The first-order valence-electron chi connectivity index (χ1n) is 6.71. The van der Waals surface area contributed by atoms with Gasteiger partial charge in [0.2, 0.25) is 0 Å². The van der Waals surface area contributed by atoms with Crippen LogP contribution >= 0.6 is 23.4 Å². The fourth-order valence-corrected chi connectivity index (χ4v) is 4.37. The molecule has 0 amide bonds. The van der Waals surface area contributed by atoms with E-state index in [9.17, 15) is 8.42 Å². The van der Waals surface area contributed by atoms with Crippen molar-refractivity contribution in [2.24, 2.45) is 0 Å². The van der Waals surface area contributed by atoms with Gasteiger partial charge < -0.3 is 0 Å². The number of hydrogen-bond donors (Lipinski definition) is 1. The molecule has 1 fully saturated rings. The van der Waals surface area contributed by atoms with Gasteiger partial charge in [-0.05, 0) is 37.1 Å². The highest BCUT2D eigenvalue weighted by Crippen LogP contribution is 2.20. The first-order valence-corrected chi connectivity index (χ1v) is 9.51. The van der Waals surface area contributed by atoms with Crippen molar-refractivity contribution in [2.45, 2.75) is 24.2 Å². The Morgan fingerprint density at radius 3 is 2.45 bits per heavy atom. The van der Waals surface area contributed by atoms with E-state index in [1.54, 1.807) is 16.1 Å². The Morgan fingerprint density at radius 1 is 1.15 bits per heavy atom. The molecule has 1 heterocycles. The molecule has 1 aromatic rings. The van der Waals surface area contributed by atoms with Crippen LogP contribution in [0.3, 0.4) is 0 Å². The summed E-state index contributed by atoms with van der Waals surface area (Å²) in [7, 11) is -3.30. The topological polar surface area (TPSA) is 49.4 Å². The number of nitrogens with zero attached hydrogens (tertiary/aromatic N) is 1. The average Bonchev–Trinajstić information content (AvgIpc) is 2.46. The van der Waals surface area contributed by atoms with E-state index in [0.717, 1.165) is 24.2 Å². The van der Waals surface area contributed by atoms with Crippen LogP contribution in [0.4, 0.5) is 0 Å². The summed E-state index contributed by atoms with van der Waals surface area (Å²) in [5.74, 6) is 0.703. The highest BCUT2D eigenvalue weighted by atomic mass is 35.5. The summed E-state index contributed by atoms with van der Waals surface area (Å²) >= 11 is 7.42. The maximum Gasteiger partial charge on any atom is 0.279 e. The van der Waals surface area contributed by atoms with Crippen LogP contribution in [0.2, 0.25) is 5.02 Å². The Kier molecular flexibility index (Phi) is 6.17. The van der Waals surface area contributed by atoms with Crippen LogP contribution in [0.1, 0.15) is 19.3 Å². The van der Waals surface area contributed by atoms with Gasteiger partial charge in [-0.2, -0.15) is 12.7 Å². The zero-order valence-electron chi connectivity index (χ0n) is 11.2. The molecule has 0 radical (unpaired) electrons. The van der Waals surface area contributed by atoms with Gasteiger partial charge in [0.25, 0.3) is 10.2 Å². The quantitative estimate of drug-likeness (QED) is 0.643. The van der Waals surface area contributed by atoms with Crippen molar-refractivity contribution in [3.8, 4) is 0 Å². The molecule has 20 heavy (non-hydrogen) atoms. The van der Waals surface area contributed by atoms with E-state index >= 15 is 0 Å². The molecule has 2 rings (SSSR count). The van der Waals surface area contributed by atoms with Gasteiger partial charge in [-0.15, -0.1) is 11.8 Å². The third-order valence-corrected chi connectivity index (χ3v) is 6.00. The highest BCUT2D eigenvalue weighted by molar-refractivity contribution is 7.99. The Balaban J connectivity index is 1.73. The summed E-state index contributed by atoms with van der Waals surface area (Å²) in [6.45, 7) is 1.71. The minimum Gasteiger partial charge on any atom is -0.201 e. The van der Waals surface area contributed by atoms with Crippen molar-refractivity contribution in [1.29, 1.82) is 0 Å². The second-order valence-corrected chi connectivity index (χ2v) is 8.02. The summed E-state index contributed by atoms with van der Waals surface area (Å²) in [6, 6.07) is 7.54. The van der Waals surface area contributed by atoms with Crippen molar-refractivity contribution in [3.63, 3.8) is 0 Å². The van der Waals surface area contributed by atoms with E-state index in [1.807, 2.05) is 24.3 Å². The Bertz CT molecular complexity index is 514. The standard InChI is InChI=1S/C13H19ClN2O2S2/c14-12-4-6-13(7-5-12)19-11-8-15-20(17,18)16-9-2-1-3-10-16/h4-7,15H,1-3,8-11H2. The maximum atomic E-state index is 12.0. The van der Waals surface area contributed by atoms with Crippen LogP contribution in [0.15, 0.2) is 29.2 Å². The Hall–Kier alpha value is -0.270. The Labute approximate surface area is 130 Å². The molecule has 0 saturated carbocycles. The van der Waals surface area contributed by atoms with Crippen molar-refractivity contribution in [3.05, 3.63) is 29.3 Å². The highest BCUT2D eigenvalue weighted by Gasteiger charge is 2.22. The number of nitrogens with one attached hydrogen (secondary N) is 1. The SMILES string of the molecule is O=S(=O)(NCCSc1ccc(Cl)cc1)N1CCCCC1. The van der Waals surface area contributed by atoms with E-state index in [2.05, 4.69) is 4.72 Å². The zero-order valence-corrected chi connectivity index (χ0v) is 13.6. The van der Waals surface area contributed by atoms with Gasteiger partial charge in [-0.25, -0.2) is 4.72 Å². The van der Waals surface area contributed by atoms with Crippen molar-refractivity contribution >= 4 is 33.6 Å². The zero-order chi connectivity index (χ0) is 14.4. The Morgan fingerprint density at radius 2 is 1.80 bits per heavy atom. The molecule has 0 aromatic heterocycles. The summed E-state index contributed by atoms with van der Waals surface area (Å²) in [4.78, 5) is 1.09. The molecule has 1 aliphatic heterocycles. The smallest absolute Gasteiger partial charge is 0.201 e. The van der Waals surface area contributed by atoms with Gasteiger partial charge in [-0.1, -0.05) is 18.0 Å². The molecule has 4 nitrogen and oxygen atoms in total. The molecule has 0 unspecified atom stereocenters. The van der Waals surface area contributed by atoms with Crippen LogP contribution in [-0.4, -0.2) is 38.1 Å². The van der Waals surface area contributed by atoms with E-state index < -0.39 is 10.2 Å². The van der Waals surface area contributed by atoms with Crippen molar-refractivity contribution < 1.29 is 8.42 Å². The maximum absolute atomic E-state index is 12.0. The first kappa shape index (κ1) is 16.1.